The van der Waals surface area contributed by atoms with E-state index in [0.29, 0.717) is 0 Å². The summed E-state index contributed by atoms with van der Waals surface area (Å²) in [6.07, 6.45) is 0. The molecular formula is C48H34N2. The molecule has 0 radical (unpaired) electrons. The van der Waals surface area contributed by atoms with E-state index in [-0.39, 0.29) is 0 Å². The summed E-state index contributed by atoms with van der Waals surface area (Å²) in [4.78, 5) is 2.34. The van der Waals surface area contributed by atoms with Crippen molar-refractivity contribution in [2.24, 2.45) is 0 Å². The second kappa shape index (κ2) is 12.8. The zero-order valence-corrected chi connectivity index (χ0v) is 27.5. The lowest BCUT2D eigenvalue weighted by Crippen LogP contribution is -2.09. The molecular weight excluding hydrogens is 605 g/mol. The monoisotopic (exact) mass is 638 g/mol. The van der Waals surface area contributed by atoms with Crippen LogP contribution >= 0.6 is 0 Å². The highest BCUT2D eigenvalue weighted by Crippen LogP contribution is 2.39. The van der Waals surface area contributed by atoms with E-state index in [0.717, 1.165) is 17.1 Å². The van der Waals surface area contributed by atoms with E-state index in [9.17, 15) is 0 Å². The number of anilines is 3. The third kappa shape index (κ3) is 5.43. The van der Waals surface area contributed by atoms with E-state index >= 15 is 0 Å². The van der Waals surface area contributed by atoms with E-state index in [1.54, 1.807) is 0 Å². The van der Waals surface area contributed by atoms with Gasteiger partial charge in [0.1, 0.15) is 0 Å². The minimum atomic E-state index is 1.10. The van der Waals surface area contributed by atoms with Gasteiger partial charge >= 0.3 is 0 Å². The van der Waals surface area contributed by atoms with Crippen molar-refractivity contribution in [2.45, 2.75) is 0 Å². The van der Waals surface area contributed by atoms with Crippen LogP contribution in [0.4, 0.5) is 17.1 Å². The SMILES string of the molecule is c1ccc(-c2ccc(N(c3ccc(-c4ccccc4)cc3)c3ccc(-c4ccc5c6ccccc6n(-c6ccccc6)c5c4)cc3)cc2)cc1. The third-order valence-corrected chi connectivity index (χ3v) is 9.61. The Bertz CT molecular complexity index is 2450. The summed E-state index contributed by atoms with van der Waals surface area (Å²) >= 11 is 0. The molecule has 0 N–H and O–H groups in total. The van der Waals surface area contributed by atoms with E-state index in [1.165, 1.54) is 60.9 Å². The summed E-state index contributed by atoms with van der Waals surface area (Å²) in [5.74, 6) is 0. The van der Waals surface area contributed by atoms with E-state index in [1.807, 2.05) is 0 Å². The number of para-hydroxylation sites is 2. The molecule has 0 aliphatic rings. The van der Waals surface area contributed by atoms with E-state index in [4.69, 9.17) is 0 Å². The second-order valence-corrected chi connectivity index (χ2v) is 12.6. The summed E-state index contributed by atoms with van der Waals surface area (Å²) in [6, 6.07) is 74.0. The quantitative estimate of drug-likeness (QED) is 0.169. The molecule has 0 fully saturated rings. The highest BCUT2D eigenvalue weighted by Gasteiger charge is 2.16. The first-order valence-electron chi connectivity index (χ1n) is 17.1. The molecule has 50 heavy (non-hydrogen) atoms. The molecule has 0 saturated carbocycles. The first-order valence-corrected chi connectivity index (χ1v) is 17.1. The molecule has 0 saturated heterocycles. The maximum absolute atomic E-state index is 2.38. The number of hydrogen-bond acceptors (Lipinski definition) is 1. The van der Waals surface area contributed by atoms with Gasteiger partial charge in [-0.3, -0.25) is 0 Å². The molecule has 0 atom stereocenters. The van der Waals surface area contributed by atoms with Gasteiger partial charge in [-0.25, -0.2) is 0 Å². The maximum atomic E-state index is 2.38. The minimum absolute atomic E-state index is 1.10. The van der Waals surface area contributed by atoms with Crippen LogP contribution in [0.3, 0.4) is 0 Å². The van der Waals surface area contributed by atoms with Crippen LogP contribution in [0.25, 0.3) is 60.9 Å². The smallest absolute Gasteiger partial charge is 0.0547 e. The Morgan fingerprint density at radius 3 is 1.18 bits per heavy atom. The molecule has 1 aromatic heterocycles. The van der Waals surface area contributed by atoms with Crippen molar-refractivity contribution in [3.63, 3.8) is 0 Å². The van der Waals surface area contributed by atoms with Crippen molar-refractivity contribution in [3.8, 4) is 39.1 Å². The van der Waals surface area contributed by atoms with Crippen LogP contribution in [0.5, 0.6) is 0 Å². The van der Waals surface area contributed by atoms with Gasteiger partial charge in [-0.2, -0.15) is 0 Å². The highest BCUT2D eigenvalue weighted by molar-refractivity contribution is 6.10. The van der Waals surface area contributed by atoms with Gasteiger partial charge < -0.3 is 9.47 Å². The number of benzene rings is 8. The first kappa shape index (κ1) is 29.5. The van der Waals surface area contributed by atoms with Gasteiger partial charge in [0.2, 0.25) is 0 Å². The number of rotatable bonds is 7. The lowest BCUT2D eigenvalue weighted by molar-refractivity contribution is 1.18. The van der Waals surface area contributed by atoms with Crippen molar-refractivity contribution in [2.75, 3.05) is 4.90 Å². The van der Waals surface area contributed by atoms with Crippen LogP contribution in [0.1, 0.15) is 0 Å². The molecule has 1 heterocycles. The van der Waals surface area contributed by atoms with Crippen molar-refractivity contribution in [3.05, 3.63) is 206 Å². The Balaban J connectivity index is 1.11. The minimum Gasteiger partial charge on any atom is -0.311 e. The van der Waals surface area contributed by atoms with Crippen molar-refractivity contribution in [1.29, 1.82) is 0 Å². The largest absolute Gasteiger partial charge is 0.311 e. The fraction of sp³-hybridized carbons (Fsp3) is 0. The van der Waals surface area contributed by atoms with Crippen molar-refractivity contribution >= 4 is 38.9 Å². The first-order chi connectivity index (χ1) is 24.8. The Morgan fingerprint density at radius 2 is 0.660 bits per heavy atom. The van der Waals surface area contributed by atoms with Gasteiger partial charge in [0.15, 0.2) is 0 Å². The molecule has 9 rings (SSSR count). The van der Waals surface area contributed by atoms with Gasteiger partial charge in [-0.05, 0) is 94.0 Å². The van der Waals surface area contributed by atoms with Gasteiger partial charge in [0, 0.05) is 33.5 Å². The van der Waals surface area contributed by atoms with Gasteiger partial charge in [-0.15, -0.1) is 0 Å². The molecule has 9 aromatic rings. The van der Waals surface area contributed by atoms with Crippen molar-refractivity contribution < 1.29 is 0 Å². The Labute approximate surface area is 292 Å². The van der Waals surface area contributed by atoms with Gasteiger partial charge in [-0.1, -0.05) is 146 Å². The summed E-state index contributed by atoms with van der Waals surface area (Å²) in [5, 5.41) is 2.52. The van der Waals surface area contributed by atoms with Crippen LogP contribution in [0.15, 0.2) is 206 Å². The third-order valence-electron chi connectivity index (χ3n) is 9.61. The Morgan fingerprint density at radius 1 is 0.280 bits per heavy atom. The molecule has 0 aliphatic carbocycles. The maximum Gasteiger partial charge on any atom is 0.0547 e. The Kier molecular flexibility index (Phi) is 7.53. The molecule has 0 aliphatic heterocycles. The molecule has 8 aromatic carbocycles. The number of fused-ring (bicyclic) bond motifs is 3. The Hall–Kier alpha value is -6.64. The molecule has 0 spiro atoms. The van der Waals surface area contributed by atoms with Gasteiger partial charge in [0.05, 0.1) is 11.0 Å². The van der Waals surface area contributed by atoms with Crippen LogP contribution in [-0.4, -0.2) is 4.57 Å². The number of aromatic nitrogens is 1. The fourth-order valence-electron chi connectivity index (χ4n) is 7.12. The summed E-state index contributed by atoms with van der Waals surface area (Å²) in [7, 11) is 0. The number of hydrogen-bond donors (Lipinski definition) is 0. The molecule has 236 valence electrons. The second-order valence-electron chi connectivity index (χ2n) is 12.6. The topological polar surface area (TPSA) is 8.17 Å². The predicted octanol–water partition coefficient (Wildman–Crippen LogP) is 13.3. The van der Waals surface area contributed by atoms with Gasteiger partial charge in [0.25, 0.3) is 0 Å². The lowest BCUT2D eigenvalue weighted by atomic mass is 10.0. The fourth-order valence-corrected chi connectivity index (χ4v) is 7.12. The highest BCUT2D eigenvalue weighted by atomic mass is 15.1. The predicted molar refractivity (Wildman–Crippen MR) is 212 cm³/mol. The van der Waals surface area contributed by atoms with Crippen molar-refractivity contribution in [1.82, 2.24) is 4.57 Å². The molecule has 2 heteroatoms. The van der Waals surface area contributed by atoms with Crippen LogP contribution in [0, 0.1) is 0 Å². The standard InChI is InChI=1S/C48H34N2/c1-4-12-35(13-5-1)37-20-27-42(28-21-37)49(43-29-22-38(23-30-43)36-14-6-2-7-15-36)44-31-24-39(25-32-44)40-26-33-46-45-18-10-11-19-47(45)50(48(46)34-40)41-16-8-3-9-17-41/h1-34H. The summed E-state index contributed by atoms with van der Waals surface area (Å²) in [5.41, 5.74) is 14.1. The van der Waals surface area contributed by atoms with E-state index in [2.05, 4.69) is 216 Å². The average Bonchev–Trinajstić information content (AvgIpc) is 3.53. The lowest BCUT2D eigenvalue weighted by Gasteiger charge is -2.26. The number of nitrogens with zero attached hydrogens (tertiary/aromatic N) is 2. The van der Waals surface area contributed by atoms with Crippen LogP contribution in [-0.2, 0) is 0 Å². The zero-order chi connectivity index (χ0) is 33.3. The average molecular weight is 639 g/mol. The van der Waals surface area contributed by atoms with Crippen LogP contribution in [0.2, 0.25) is 0 Å². The molecule has 0 amide bonds. The summed E-state index contributed by atoms with van der Waals surface area (Å²) in [6.45, 7) is 0. The molecule has 0 unspecified atom stereocenters. The van der Waals surface area contributed by atoms with Crippen LogP contribution < -0.4 is 4.90 Å². The molecule has 2 nitrogen and oxygen atoms in total. The normalized spacial score (nSPS) is 11.2. The van der Waals surface area contributed by atoms with E-state index < -0.39 is 0 Å². The molecule has 0 bridgehead atoms. The summed E-state index contributed by atoms with van der Waals surface area (Å²) < 4.78 is 2.38. The zero-order valence-electron chi connectivity index (χ0n) is 27.5.